The summed E-state index contributed by atoms with van der Waals surface area (Å²) in [6.07, 6.45) is 4.72. The van der Waals surface area contributed by atoms with Gasteiger partial charge in [-0.05, 0) is 50.4 Å². The van der Waals surface area contributed by atoms with Crippen LogP contribution in [-0.2, 0) is 0 Å². The molecule has 1 aromatic heterocycles. The van der Waals surface area contributed by atoms with E-state index in [9.17, 15) is 4.79 Å². The summed E-state index contributed by atoms with van der Waals surface area (Å²) in [5, 5.41) is 8.02. The molecule has 1 aliphatic rings. The largest absolute Gasteiger partial charge is 0.489 e. The molecule has 2 heterocycles. The van der Waals surface area contributed by atoms with Crippen LogP contribution in [-0.4, -0.2) is 52.9 Å². The molecule has 0 unspecified atom stereocenters. The Kier molecular flexibility index (Phi) is 7.09. The average Bonchev–Trinajstić information content (AvgIpc) is 3.15. The molecule has 6 heteroatoms. The third-order valence-electron chi connectivity index (χ3n) is 4.95. The van der Waals surface area contributed by atoms with Crippen molar-refractivity contribution in [2.24, 2.45) is 5.92 Å². The zero-order valence-corrected chi connectivity index (χ0v) is 17.2. The maximum atomic E-state index is 13.5. The second-order valence-corrected chi connectivity index (χ2v) is 7.81. The number of carbonyl (C=O) groups excluding carboxylic acids is 1. The number of rotatable bonds is 8. The van der Waals surface area contributed by atoms with Gasteiger partial charge in [-0.3, -0.25) is 4.79 Å². The number of nitrogens with one attached hydrogen (secondary N) is 1. The number of para-hydroxylation sites is 1. The SMILES string of the molecule is CCCN(C(=O)c1nn(-c2ccccc2)cc1OCC(C)C)C1CCNCC1. The van der Waals surface area contributed by atoms with Gasteiger partial charge in [-0.1, -0.05) is 39.0 Å². The standard InChI is InChI=1S/C22H32N4O2/c1-4-14-25(18-10-12-23-13-11-18)22(27)21-20(28-16-17(2)3)15-26(24-21)19-8-6-5-7-9-19/h5-9,15,17-18,23H,4,10-14,16H2,1-3H3. The third-order valence-corrected chi connectivity index (χ3v) is 4.95. The summed E-state index contributed by atoms with van der Waals surface area (Å²) in [7, 11) is 0. The first-order valence-corrected chi connectivity index (χ1v) is 10.4. The van der Waals surface area contributed by atoms with Gasteiger partial charge in [0.2, 0.25) is 0 Å². The third kappa shape index (κ3) is 4.93. The van der Waals surface area contributed by atoms with Crippen LogP contribution in [0.3, 0.4) is 0 Å². The molecule has 0 spiro atoms. The fourth-order valence-corrected chi connectivity index (χ4v) is 3.53. The van der Waals surface area contributed by atoms with Gasteiger partial charge in [0.1, 0.15) is 0 Å². The normalized spacial score (nSPS) is 15.0. The Hall–Kier alpha value is -2.34. The highest BCUT2D eigenvalue weighted by atomic mass is 16.5. The number of amides is 1. The van der Waals surface area contributed by atoms with Gasteiger partial charge >= 0.3 is 0 Å². The molecule has 0 atom stereocenters. The second kappa shape index (κ2) is 9.73. The van der Waals surface area contributed by atoms with Crippen molar-refractivity contribution in [3.63, 3.8) is 0 Å². The lowest BCUT2D eigenvalue weighted by Crippen LogP contribution is -2.46. The van der Waals surface area contributed by atoms with E-state index in [1.807, 2.05) is 41.4 Å². The summed E-state index contributed by atoms with van der Waals surface area (Å²) >= 11 is 0. The first-order chi connectivity index (χ1) is 13.6. The molecular formula is C22H32N4O2. The van der Waals surface area contributed by atoms with Crippen molar-refractivity contribution < 1.29 is 9.53 Å². The van der Waals surface area contributed by atoms with E-state index in [0.717, 1.165) is 44.6 Å². The van der Waals surface area contributed by atoms with Gasteiger partial charge in [-0.2, -0.15) is 5.10 Å². The van der Waals surface area contributed by atoms with Crippen molar-refractivity contribution >= 4 is 5.91 Å². The molecule has 1 amide bonds. The molecule has 0 bridgehead atoms. The van der Waals surface area contributed by atoms with Gasteiger partial charge in [-0.15, -0.1) is 0 Å². The van der Waals surface area contributed by atoms with Crippen LogP contribution in [0.5, 0.6) is 5.75 Å². The summed E-state index contributed by atoms with van der Waals surface area (Å²) < 4.78 is 7.74. The fourth-order valence-electron chi connectivity index (χ4n) is 3.53. The Morgan fingerprint density at radius 3 is 2.64 bits per heavy atom. The van der Waals surface area contributed by atoms with Crippen molar-refractivity contribution in [2.45, 2.75) is 46.1 Å². The molecule has 28 heavy (non-hydrogen) atoms. The molecule has 1 aromatic carbocycles. The predicted octanol–water partition coefficient (Wildman–Crippen LogP) is 3.51. The maximum absolute atomic E-state index is 13.5. The van der Waals surface area contributed by atoms with E-state index in [-0.39, 0.29) is 11.9 Å². The number of ether oxygens (including phenoxy) is 1. The molecule has 0 radical (unpaired) electrons. The summed E-state index contributed by atoms with van der Waals surface area (Å²) in [4.78, 5) is 15.5. The minimum atomic E-state index is -0.0258. The molecule has 1 aliphatic heterocycles. The van der Waals surface area contributed by atoms with E-state index in [1.54, 1.807) is 4.68 Å². The molecule has 6 nitrogen and oxygen atoms in total. The van der Waals surface area contributed by atoms with Gasteiger partial charge in [0.05, 0.1) is 18.5 Å². The summed E-state index contributed by atoms with van der Waals surface area (Å²) in [6, 6.07) is 10.1. The van der Waals surface area contributed by atoms with Crippen molar-refractivity contribution in [1.29, 1.82) is 0 Å². The fraction of sp³-hybridized carbons (Fsp3) is 0.545. The summed E-state index contributed by atoms with van der Waals surface area (Å²) in [5.41, 5.74) is 1.33. The quantitative estimate of drug-likeness (QED) is 0.757. The highest BCUT2D eigenvalue weighted by Crippen LogP contribution is 2.24. The highest BCUT2D eigenvalue weighted by molar-refractivity contribution is 5.95. The predicted molar refractivity (Wildman–Crippen MR) is 111 cm³/mol. The Balaban J connectivity index is 1.92. The van der Waals surface area contributed by atoms with Gasteiger partial charge < -0.3 is 15.0 Å². The summed E-state index contributed by atoms with van der Waals surface area (Å²) in [5.74, 6) is 0.916. The Labute approximate surface area is 167 Å². The number of hydrogen-bond acceptors (Lipinski definition) is 4. The van der Waals surface area contributed by atoms with Crippen molar-refractivity contribution in [1.82, 2.24) is 20.0 Å². The molecule has 1 N–H and O–H groups in total. The first-order valence-electron chi connectivity index (χ1n) is 10.4. The number of benzene rings is 1. The van der Waals surface area contributed by atoms with Crippen LogP contribution in [0.4, 0.5) is 0 Å². The van der Waals surface area contributed by atoms with Crippen LogP contribution in [0.15, 0.2) is 36.5 Å². The van der Waals surface area contributed by atoms with E-state index >= 15 is 0 Å². The molecule has 0 aliphatic carbocycles. The molecule has 152 valence electrons. The van der Waals surface area contributed by atoms with Crippen LogP contribution in [0.25, 0.3) is 5.69 Å². The van der Waals surface area contributed by atoms with Crippen molar-refractivity contribution in [3.8, 4) is 11.4 Å². The van der Waals surface area contributed by atoms with Crippen molar-refractivity contribution in [2.75, 3.05) is 26.2 Å². The topological polar surface area (TPSA) is 59.4 Å². The van der Waals surface area contributed by atoms with Gasteiger partial charge in [0, 0.05) is 12.6 Å². The average molecular weight is 385 g/mol. The zero-order chi connectivity index (χ0) is 19.9. The maximum Gasteiger partial charge on any atom is 0.278 e. The Morgan fingerprint density at radius 1 is 1.29 bits per heavy atom. The molecule has 0 saturated carbocycles. The lowest BCUT2D eigenvalue weighted by molar-refractivity contribution is 0.0631. The number of carbonyl (C=O) groups is 1. The summed E-state index contributed by atoms with van der Waals surface area (Å²) in [6.45, 7) is 9.51. The number of aromatic nitrogens is 2. The monoisotopic (exact) mass is 384 g/mol. The molecule has 1 saturated heterocycles. The van der Waals surface area contributed by atoms with E-state index in [4.69, 9.17) is 4.74 Å². The van der Waals surface area contributed by atoms with Gasteiger partial charge in [0.25, 0.3) is 5.91 Å². The number of piperidine rings is 1. The molecule has 3 rings (SSSR count). The van der Waals surface area contributed by atoms with Gasteiger partial charge in [0.15, 0.2) is 11.4 Å². The van der Waals surface area contributed by atoms with E-state index in [0.29, 0.717) is 24.0 Å². The van der Waals surface area contributed by atoms with Crippen LogP contribution >= 0.6 is 0 Å². The van der Waals surface area contributed by atoms with Crippen LogP contribution in [0.2, 0.25) is 0 Å². The molecule has 2 aromatic rings. The second-order valence-electron chi connectivity index (χ2n) is 7.81. The lowest BCUT2D eigenvalue weighted by Gasteiger charge is -2.34. The molecular weight excluding hydrogens is 352 g/mol. The van der Waals surface area contributed by atoms with E-state index < -0.39 is 0 Å². The number of hydrogen-bond donors (Lipinski definition) is 1. The van der Waals surface area contributed by atoms with Crippen LogP contribution in [0.1, 0.15) is 50.5 Å². The van der Waals surface area contributed by atoms with Gasteiger partial charge in [-0.25, -0.2) is 4.68 Å². The number of nitrogens with zero attached hydrogens (tertiary/aromatic N) is 3. The Morgan fingerprint density at radius 2 is 2.00 bits per heavy atom. The minimum Gasteiger partial charge on any atom is -0.489 e. The minimum absolute atomic E-state index is 0.0258. The smallest absolute Gasteiger partial charge is 0.278 e. The van der Waals surface area contributed by atoms with Crippen LogP contribution < -0.4 is 10.1 Å². The first kappa shape index (κ1) is 20.4. The van der Waals surface area contributed by atoms with E-state index in [1.165, 1.54) is 0 Å². The molecule has 1 fully saturated rings. The lowest BCUT2D eigenvalue weighted by atomic mass is 10.0. The Bertz CT molecular complexity index is 751. The van der Waals surface area contributed by atoms with Crippen LogP contribution in [0, 0.1) is 5.92 Å². The zero-order valence-electron chi connectivity index (χ0n) is 17.2. The van der Waals surface area contributed by atoms with E-state index in [2.05, 4.69) is 31.2 Å². The highest BCUT2D eigenvalue weighted by Gasteiger charge is 2.30. The van der Waals surface area contributed by atoms with Crippen molar-refractivity contribution in [3.05, 3.63) is 42.2 Å².